The third kappa shape index (κ3) is 3.04. The van der Waals surface area contributed by atoms with Gasteiger partial charge in [-0.15, -0.1) is 0 Å². The smallest absolute Gasteiger partial charge is 0.229 e. The Balaban J connectivity index is 1.86. The van der Waals surface area contributed by atoms with E-state index in [1.165, 1.54) is 5.56 Å². The van der Waals surface area contributed by atoms with Crippen LogP contribution >= 0.6 is 15.9 Å². The number of rotatable bonds is 4. The molecular weight excluding hydrogens is 344 g/mol. The molecule has 22 heavy (non-hydrogen) atoms. The first-order valence-electron chi connectivity index (χ1n) is 7.07. The van der Waals surface area contributed by atoms with Crippen molar-refractivity contribution < 1.29 is 9.21 Å². The largest absolute Gasteiger partial charge is 0.449 e. The summed E-state index contributed by atoms with van der Waals surface area (Å²) in [5.41, 5.74) is 3.56. The van der Waals surface area contributed by atoms with E-state index in [0.717, 1.165) is 23.0 Å². The zero-order valence-corrected chi connectivity index (χ0v) is 13.7. The molecule has 3 aromatic rings. The van der Waals surface area contributed by atoms with Gasteiger partial charge in [0, 0.05) is 17.1 Å². The molecule has 1 N–H and O–H groups in total. The van der Waals surface area contributed by atoms with E-state index in [9.17, 15) is 4.79 Å². The molecule has 0 radical (unpaired) electrons. The summed E-state index contributed by atoms with van der Waals surface area (Å²) < 4.78 is 6.28. The van der Waals surface area contributed by atoms with Crippen molar-refractivity contribution in [2.24, 2.45) is 0 Å². The van der Waals surface area contributed by atoms with Crippen LogP contribution in [0.15, 0.2) is 51.8 Å². The molecule has 0 saturated carbocycles. The number of benzene rings is 1. The van der Waals surface area contributed by atoms with E-state index in [-0.39, 0.29) is 12.3 Å². The minimum absolute atomic E-state index is 0.0988. The zero-order valence-electron chi connectivity index (χ0n) is 12.1. The van der Waals surface area contributed by atoms with Gasteiger partial charge < -0.3 is 9.73 Å². The van der Waals surface area contributed by atoms with Crippen LogP contribution < -0.4 is 5.32 Å². The molecule has 1 amide bonds. The molecule has 0 aliphatic rings. The number of nitrogens with zero attached hydrogens (tertiary/aromatic N) is 1. The van der Waals surface area contributed by atoms with E-state index in [4.69, 9.17) is 4.42 Å². The first-order valence-corrected chi connectivity index (χ1v) is 7.86. The fourth-order valence-electron chi connectivity index (χ4n) is 2.35. The fourth-order valence-corrected chi connectivity index (χ4v) is 2.88. The molecule has 2 heterocycles. The number of hydrogen-bond acceptors (Lipinski definition) is 3. The van der Waals surface area contributed by atoms with Gasteiger partial charge in [0.1, 0.15) is 5.58 Å². The van der Waals surface area contributed by atoms with Gasteiger partial charge in [0.15, 0.2) is 4.67 Å². The van der Waals surface area contributed by atoms with Crippen LogP contribution in [-0.2, 0) is 17.6 Å². The lowest BCUT2D eigenvalue weighted by atomic mass is 10.1. The van der Waals surface area contributed by atoms with Crippen molar-refractivity contribution in [2.75, 3.05) is 5.32 Å². The van der Waals surface area contributed by atoms with Crippen LogP contribution in [0.3, 0.4) is 0 Å². The maximum atomic E-state index is 12.2. The van der Waals surface area contributed by atoms with Gasteiger partial charge in [-0.05, 0) is 52.2 Å². The first kappa shape index (κ1) is 14.8. The number of hydrogen-bond donors (Lipinski definition) is 1. The molecule has 2 aromatic heterocycles. The molecule has 3 rings (SSSR count). The summed E-state index contributed by atoms with van der Waals surface area (Å²) in [6, 6.07) is 9.66. The van der Waals surface area contributed by atoms with E-state index < -0.39 is 0 Å². The van der Waals surface area contributed by atoms with Gasteiger partial charge in [-0.1, -0.05) is 13.0 Å². The van der Waals surface area contributed by atoms with Crippen molar-refractivity contribution in [1.29, 1.82) is 0 Å². The SMILES string of the molecule is CCc1ccc2oc(Br)c(CC(=O)Nc3cccnc3)c2c1. The fraction of sp³-hybridized carbons (Fsp3) is 0.176. The lowest BCUT2D eigenvalue weighted by Gasteiger charge is -2.04. The first-order chi connectivity index (χ1) is 10.7. The zero-order chi connectivity index (χ0) is 15.5. The second kappa shape index (κ2) is 6.32. The van der Waals surface area contributed by atoms with E-state index >= 15 is 0 Å². The van der Waals surface area contributed by atoms with Crippen LogP contribution in [0.4, 0.5) is 5.69 Å². The van der Waals surface area contributed by atoms with Crippen molar-refractivity contribution >= 4 is 38.5 Å². The highest BCUT2D eigenvalue weighted by atomic mass is 79.9. The van der Waals surface area contributed by atoms with Crippen molar-refractivity contribution in [2.45, 2.75) is 19.8 Å². The Morgan fingerprint density at radius 1 is 1.36 bits per heavy atom. The number of carbonyl (C=O) groups excluding carboxylic acids is 1. The molecule has 5 heteroatoms. The van der Waals surface area contributed by atoms with Crippen LogP contribution in [0.2, 0.25) is 0 Å². The lowest BCUT2D eigenvalue weighted by Crippen LogP contribution is -2.14. The Labute approximate surface area is 136 Å². The number of pyridine rings is 1. The van der Waals surface area contributed by atoms with Crippen molar-refractivity contribution in [1.82, 2.24) is 4.98 Å². The molecule has 0 saturated heterocycles. The Bertz CT molecular complexity index is 812. The van der Waals surface area contributed by atoms with Gasteiger partial charge in [0.05, 0.1) is 18.3 Å². The topological polar surface area (TPSA) is 55.1 Å². The highest BCUT2D eigenvalue weighted by Crippen LogP contribution is 2.31. The molecule has 0 spiro atoms. The van der Waals surface area contributed by atoms with Crippen LogP contribution in [-0.4, -0.2) is 10.9 Å². The minimum Gasteiger partial charge on any atom is -0.449 e. The second-order valence-corrected chi connectivity index (χ2v) is 5.73. The van der Waals surface area contributed by atoms with Gasteiger partial charge in [-0.2, -0.15) is 0 Å². The van der Waals surface area contributed by atoms with Gasteiger partial charge in [-0.25, -0.2) is 0 Å². The summed E-state index contributed by atoms with van der Waals surface area (Å²) in [7, 11) is 0. The molecule has 0 fully saturated rings. The standard InChI is InChI=1S/C17H15BrN2O2/c1-2-11-5-6-15-13(8-11)14(17(18)22-15)9-16(21)20-12-4-3-7-19-10-12/h3-8,10H,2,9H2,1H3,(H,20,21). The quantitative estimate of drug-likeness (QED) is 0.754. The Morgan fingerprint density at radius 2 is 2.23 bits per heavy atom. The number of halogens is 1. The number of aromatic nitrogens is 1. The Hall–Kier alpha value is -2.14. The average Bonchev–Trinajstić information content (AvgIpc) is 2.83. The Morgan fingerprint density at radius 3 is 2.95 bits per heavy atom. The van der Waals surface area contributed by atoms with E-state index in [2.05, 4.69) is 39.2 Å². The van der Waals surface area contributed by atoms with Crippen molar-refractivity contribution in [3.8, 4) is 0 Å². The molecule has 0 atom stereocenters. The molecule has 4 nitrogen and oxygen atoms in total. The van der Waals surface area contributed by atoms with Gasteiger partial charge in [-0.3, -0.25) is 9.78 Å². The highest BCUT2D eigenvalue weighted by Gasteiger charge is 2.16. The third-order valence-corrected chi connectivity index (χ3v) is 4.14. The van der Waals surface area contributed by atoms with Crippen LogP contribution in [0.25, 0.3) is 11.0 Å². The van der Waals surface area contributed by atoms with Crippen molar-refractivity contribution in [3.63, 3.8) is 0 Å². The average molecular weight is 359 g/mol. The summed E-state index contributed by atoms with van der Waals surface area (Å²) in [6.45, 7) is 2.10. The van der Waals surface area contributed by atoms with Crippen LogP contribution in [0.1, 0.15) is 18.1 Å². The minimum atomic E-state index is -0.0988. The number of anilines is 1. The number of carbonyl (C=O) groups is 1. The van der Waals surface area contributed by atoms with Crippen molar-refractivity contribution in [3.05, 3.63) is 58.5 Å². The summed E-state index contributed by atoms with van der Waals surface area (Å²) in [6.07, 6.45) is 4.48. The van der Waals surface area contributed by atoms with Crippen LogP contribution in [0.5, 0.6) is 0 Å². The summed E-state index contributed by atoms with van der Waals surface area (Å²) >= 11 is 3.41. The van der Waals surface area contributed by atoms with E-state index in [1.807, 2.05) is 18.2 Å². The predicted octanol–water partition coefficient (Wildman–Crippen LogP) is 4.33. The highest BCUT2D eigenvalue weighted by molar-refractivity contribution is 9.10. The predicted molar refractivity (Wildman–Crippen MR) is 89.9 cm³/mol. The number of aryl methyl sites for hydroxylation is 1. The molecular formula is C17H15BrN2O2. The summed E-state index contributed by atoms with van der Waals surface area (Å²) in [5, 5.41) is 3.82. The van der Waals surface area contributed by atoms with E-state index in [1.54, 1.807) is 18.5 Å². The number of furan rings is 1. The maximum absolute atomic E-state index is 12.2. The molecule has 0 bridgehead atoms. The second-order valence-electron chi connectivity index (χ2n) is 5.01. The van der Waals surface area contributed by atoms with E-state index in [0.29, 0.717) is 10.4 Å². The lowest BCUT2D eigenvalue weighted by molar-refractivity contribution is -0.115. The number of nitrogens with one attached hydrogen (secondary N) is 1. The normalized spacial score (nSPS) is 10.8. The van der Waals surface area contributed by atoms with Crippen LogP contribution in [0, 0.1) is 0 Å². The molecule has 1 aromatic carbocycles. The third-order valence-electron chi connectivity index (χ3n) is 3.50. The van der Waals surface area contributed by atoms with Gasteiger partial charge in [0.25, 0.3) is 0 Å². The number of amides is 1. The monoisotopic (exact) mass is 358 g/mol. The molecule has 0 aliphatic heterocycles. The number of fused-ring (bicyclic) bond motifs is 1. The molecule has 0 aliphatic carbocycles. The Kier molecular flexibility index (Phi) is 4.24. The summed E-state index contributed by atoms with van der Waals surface area (Å²) in [5.74, 6) is -0.0988. The maximum Gasteiger partial charge on any atom is 0.229 e. The summed E-state index contributed by atoms with van der Waals surface area (Å²) in [4.78, 5) is 16.2. The van der Waals surface area contributed by atoms with Gasteiger partial charge >= 0.3 is 0 Å². The van der Waals surface area contributed by atoms with Gasteiger partial charge in [0.2, 0.25) is 5.91 Å². The molecule has 112 valence electrons. The molecule has 0 unspecified atom stereocenters.